The van der Waals surface area contributed by atoms with Gasteiger partial charge in [-0.05, 0) is 29.8 Å². The summed E-state index contributed by atoms with van der Waals surface area (Å²) in [5, 5.41) is 2.73. The van der Waals surface area contributed by atoms with Crippen molar-refractivity contribution >= 4 is 17.1 Å². The molecule has 0 spiro atoms. The van der Waals surface area contributed by atoms with Gasteiger partial charge in [-0.15, -0.1) is 0 Å². The van der Waals surface area contributed by atoms with Crippen molar-refractivity contribution in [1.29, 1.82) is 0 Å². The molecule has 8 heteroatoms. The van der Waals surface area contributed by atoms with Gasteiger partial charge in [-0.2, -0.15) is 4.98 Å². The summed E-state index contributed by atoms with van der Waals surface area (Å²) in [5.74, 6) is 0.876. The average Bonchev–Trinajstić information content (AvgIpc) is 3.23. The summed E-state index contributed by atoms with van der Waals surface area (Å²) >= 11 is 0. The van der Waals surface area contributed by atoms with Gasteiger partial charge in [0.15, 0.2) is 11.9 Å². The quantitative estimate of drug-likeness (QED) is 0.323. The molecular weight excluding hydrogens is 436 g/mol. The fraction of sp³-hybridized carbons (Fsp3) is 0.115. The smallest absolute Gasteiger partial charge is 0.227 e. The number of halogens is 2. The van der Waals surface area contributed by atoms with E-state index in [1.54, 1.807) is 23.8 Å². The van der Waals surface area contributed by atoms with Crippen LogP contribution in [0.5, 0.6) is 5.75 Å². The first-order valence-electron chi connectivity index (χ1n) is 10.7. The Hall–Kier alpha value is -4.33. The summed E-state index contributed by atoms with van der Waals surface area (Å²) < 4.78 is 35.9. The highest BCUT2D eigenvalue weighted by Gasteiger charge is 2.18. The Balaban J connectivity index is 1.58. The molecule has 5 rings (SSSR count). The number of alkyl halides is 1. The molecule has 0 radical (unpaired) electrons. The molecule has 1 atom stereocenters. The third-order valence-corrected chi connectivity index (χ3v) is 5.34. The number of anilines is 1. The molecule has 0 saturated carbocycles. The van der Waals surface area contributed by atoms with E-state index in [9.17, 15) is 8.78 Å². The van der Waals surface area contributed by atoms with Crippen LogP contribution in [0.4, 0.5) is 14.7 Å². The van der Waals surface area contributed by atoms with Gasteiger partial charge >= 0.3 is 0 Å². The molecule has 0 aliphatic carbocycles. The molecule has 0 aliphatic rings. The number of methoxy groups -OCH3 is 1. The Morgan fingerprint density at radius 3 is 2.59 bits per heavy atom. The van der Waals surface area contributed by atoms with Crippen LogP contribution in [-0.2, 0) is 6.42 Å². The minimum atomic E-state index is -1.38. The number of hydrogen-bond donors (Lipinski definition) is 1. The summed E-state index contributed by atoms with van der Waals surface area (Å²) in [5.41, 5.74) is 3.09. The number of benzene rings is 3. The van der Waals surface area contributed by atoms with E-state index >= 15 is 0 Å². The molecule has 3 aromatic carbocycles. The first-order chi connectivity index (χ1) is 16.6. The summed E-state index contributed by atoms with van der Waals surface area (Å²) in [4.78, 5) is 13.5. The minimum absolute atomic E-state index is 0.130. The van der Waals surface area contributed by atoms with Crippen LogP contribution in [-0.4, -0.2) is 32.9 Å². The maximum absolute atomic E-state index is 14.7. The van der Waals surface area contributed by atoms with Gasteiger partial charge in [0, 0.05) is 18.1 Å². The Morgan fingerprint density at radius 1 is 0.971 bits per heavy atom. The lowest BCUT2D eigenvalue weighted by atomic mass is 10.1. The average molecular weight is 457 g/mol. The summed E-state index contributed by atoms with van der Waals surface area (Å²) in [6, 6.07) is 22.9. The van der Waals surface area contributed by atoms with E-state index in [4.69, 9.17) is 4.74 Å². The molecule has 6 nitrogen and oxygen atoms in total. The fourth-order valence-corrected chi connectivity index (χ4v) is 3.77. The van der Waals surface area contributed by atoms with Gasteiger partial charge in [0.2, 0.25) is 5.95 Å². The highest BCUT2D eigenvalue weighted by Crippen LogP contribution is 2.30. The predicted octanol–water partition coefficient (Wildman–Crippen LogP) is 5.58. The zero-order valence-electron chi connectivity index (χ0n) is 18.3. The number of nitrogens with zero attached hydrogens (tertiary/aromatic N) is 4. The molecule has 170 valence electrons. The second-order valence-corrected chi connectivity index (χ2v) is 7.69. The predicted molar refractivity (Wildman–Crippen MR) is 127 cm³/mol. The van der Waals surface area contributed by atoms with Crippen molar-refractivity contribution in [2.24, 2.45) is 0 Å². The first kappa shape index (κ1) is 21.5. The lowest BCUT2D eigenvalue weighted by Crippen LogP contribution is -2.18. The molecule has 2 aromatic heterocycles. The van der Waals surface area contributed by atoms with Gasteiger partial charge in [-0.25, -0.2) is 18.7 Å². The Kier molecular flexibility index (Phi) is 5.86. The molecule has 2 heterocycles. The van der Waals surface area contributed by atoms with Crippen molar-refractivity contribution in [1.82, 2.24) is 19.5 Å². The van der Waals surface area contributed by atoms with Crippen LogP contribution in [0.3, 0.4) is 0 Å². The minimum Gasteiger partial charge on any atom is -0.497 e. The zero-order valence-corrected chi connectivity index (χ0v) is 18.3. The van der Waals surface area contributed by atoms with E-state index in [-0.39, 0.29) is 18.2 Å². The highest BCUT2D eigenvalue weighted by molar-refractivity contribution is 5.80. The first-order valence-corrected chi connectivity index (χ1v) is 10.7. The van der Waals surface area contributed by atoms with Crippen molar-refractivity contribution in [3.05, 3.63) is 96.4 Å². The van der Waals surface area contributed by atoms with E-state index in [0.717, 1.165) is 5.56 Å². The van der Waals surface area contributed by atoms with Crippen LogP contribution >= 0.6 is 0 Å². The Morgan fingerprint density at radius 2 is 1.79 bits per heavy atom. The van der Waals surface area contributed by atoms with Crippen molar-refractivity contribution in [3.8, 4) is 22.8 Å². The van der Waals surface area contributed by atoms with Crippen LogP contribution < -0.4 is 10.1 Å². The number of nitrogens with one attached hydrogen (secondary N) is 1. The molecule has 1 unspecified atom stereocenters. The lowest BCUT2D eigenvalue weighted by molar-refractivity contribution is 0.369. The maximum atomic E-state index is 14.7. The largest absolute Gasteiger partial charge is 0.497 e. The number of aromatic nitrogens is 4. The lowest BCUT2D eigenvalue weighted by Gasteiger charge is -2.12. The molecule has 0 fully saturated rings. The Labute approximate surface area is 194 Å². The van der Waals surface area contributed by atoms with E-state index in [2.05, 4.69) is 20.3 Å². The fourth-order valence-electron chi connectivity index (χ4n) is 3.77. The number of imidazole rings is 1. The number of rotatable bonds is 7. The molecule has 5 aromatic rings. The Bertz CT molecular complexity index is 1440. The van der Waals surface area contributed by atoms with Crippen LogP contribution in [0.1, 0.15) is 5.56 Å². The number of ether oxygens (including phenoxy) is 1. The molecular formula is C26H21F2N5O. The van der Waals surface area contributed by atoms with E-state index < -0.39 is 6.30 Å². The van der Waals surface area contributed by atoms with Crippen molar-refractivity contribution in [2.45, 2.75) is 12.7 Å². The van der Waals surface area contributed by atoms with Crippen LogP contribution in [0.15, 0.2) is 85.1 Å². The van der Waals surface area contributed by atoms with Crippen LogP contribution in [0.25, 0.3) is 28.2 Å². The van der Waals surface area contributed by atoms with E-state index in [1.807, 2.05) is 54.6 Å². The van der Waals surface area contributed by atoms with Gasteiger partial charge in [-0.3, -0.25) is 4.57 Å². The maximum Gasteiger partial charge on any atom is 0.227 e. The number of hydrogen-bond acceptors (Lipinski definition) is 5. The summed E-state index contributed by atoms with van der Waals surface area (Å²) in [7, 11) is 1.58. The molecule has 1 N–H and O–H groups in total. The van der Waals surface area contributed by atoms with Crippen LogP contribution in [0.2, 0.25) is 0 Å². The molecule has 0 bridgehead atoms. The van der Waals surface area contributed by atoms with Crippen molar-refractivity contribution in [2.75, 3.05) is 12.4 Å². The molecule has 0 saturated heterocycles. The molecule has 0 amide bonds. The third kappa shape index (κ3) is 4.43. The number of fused-ring (bicyclic) bond motifs is 1. The molecule has 0 aliphatic heterocycles. The van der Waals surface area contributed by atoms with E-state index in [0.29, 0.717) is 34.0 Å². The van der Waals surface area contributed by atoms with Crippen molar-refractivity contribution in [3.63, 3.8) is 0 Å². The van der Waals surface area contributed by atoms with Crippen molar-refractivity contribution < 1.29 is 13.5 Å². The second-order valence-electron chi connectivity index (χ2n) is 7.69. The molecule has 34 heavy (non-hydrogen) atoms. The van der Waals surface area contributed by atoms with Gasteiger partial charge in [0.1, 0.15) is 22.9 Å². The highest BCUT2D eigenvalue weighted by atomic mass is 19.1. The van der Waals surface area contributed by atoms with Gasteiger partial charge < -0.3 is 10.1 Å². The van der Waals surface area contributed by atoms with E-state index in [1.165, 1.54) is 18.3 Å². The summed E-state index contributed by atoms with van der Waals surface area (Å²) in [6.07, 6.45) is 0.321. The zero-order chi connectivity index (χ0) is 23.5. The van der Waals surface area contributed by atoms with Gasteiger partial charge in [-0.1, -0.05) is 48.5 Å². The van der Waals surface area contributed by atoms with Crippen LogP contribution in [0, 0.1) is 5.82 Å². The standard InChI is InChI=1S/C26H21F2N5O/c1-34-21-12-6-11-20(15-21)33-24(18-9-5-10-19(27)14-18)30-22-16-29-26(32-25(22)33)31-23(28)13-17-7-3-2-4-8-17/h2-12,14-16,23H,13H2,1H3,(H,29,31,32). The normalized spacial score (nSPS) is 12.0. The summed E-state index contributed by atoms with van der Waals surface area (Å²) in [6.45, 7) is 0. The third-order valence-electron chi connectivity index (χ3n) is 5.34. The van der Waals surface area contributed by atoms with Gasteiger partial charge in [0.05, 0.1) is 19.0 Å². The second kappa shape index (κ2) is 9.27. The van der Waals surface area contributed by atoms with Gasteiger partial charge in [0.25, 0.3) is 0 Å². The topological polar surface area (TPSA) is 64.9 Å². The SMILES string of the molecule is COc1cccc(-n2c(-c3cccc(F)c3)nc3cnc(NC(F)Cc4ccccc4)nc32)c1. The monoisotopic (exact) mass is 457 g/mol.